The number of carbonyl (C=O) groups is 3. The molecule has 1 saturated heterocycles. The van der Waals surface area contributed by atoms with Crippen LogP contribution in [0.2, 0.25) is 0 Å². The number of carbonyl (C=O) groups excluding carboxylic acids is 3. The van der Waals surface area contributed by atoms with Crippen LogP contribution in [0.4, 0.5) is 4.79 Å². The van der Waals surface area contributed by atoms with Crippen molar-refractivity contribution in [2.45, 2.75) is 25.6 Å². The van der Waals surface area contributed by atoms with Crippen LogP contribution >= 0.6 is 0 Å². The van der Waals surface area contributed by atoms with E-state index in [0.29, 0.717) is 5.75 Å². The summed E-state index contributed by atoms with van der Waals surface area (Å²) in [7, 11) is 0. The third-order valence-corrected chi connectivity index (χ3v) is 2.76. The highest BCUT2D eigenvalue weighted by atomic mass is 16.5. The zero-order chi connectivity index (χ0) is 14.9. The Morgan fingerprint density at radius 2 is 1.55 bits per heavy atom. The van der Waals surface area contributed by atoms with Crippen LogP contribution in [0.5, 0.6) is 5.75 Å². The summed E-state index contributed by atoms with van der Waals surface area (Å²) in [6, 6.07) is 4.90. The third-order valence-electron chi connectivity index (χ3n) is 2.76. The standard InChI is InChI=1S/C13H14N2O5/c1-7(2)20-9-5-3-8(4-6-9)13(19)10(16)14-12(18)15-11(13)17/h3-7,19H,1-2H3,(H2,14,15,16,17,18). The van der Waals surface area contributed by atoms with Crippen LogP contribution in [-0.2, 0) is 15.2 Å². The van der Waals surface area contributed by atoms with E-state index in [1.165, 1.54) is 24.3 Å². The van der Waals surface area contributed by atoms with Gasteiger partial charge in [0.25, 0.3) is 11.8 Å². The smallest absolute Gasteiger partial charge is 0.328 e. The Labute approximate surface area is 114 Å². The summed E-state index contributed by atoms with van der Waals surface area (Å²) in [5, 5.41) is 14.0. The van der Waals surface area contributed by atoms with Gasteiger partial charge in [-0.3, -0.25) is 20.2 Å². The van der Waals surface area contributed by atoms with Gasteiger partial charge in [-0.25, -0.2) is 4.79 Å². The van der Waals surface area contributed by atoms with Gasteiger partial charge < -0.3 is 9.84 Å². The van der Waals surface area contributed by atoms with Gasteiger partial charge in [-0.2, -0.15) is 0 Å². The average molecular weight is 278 g/mol. The molecule has 7 heteroatoms. The van der Waals surface area contributed by atoms with E-state index in [4.69, 9.17) is 4.74 Å². The number of ether oxygens (including phenoxy) is 1. The molecule has 0 aromatic heterocycles. The lowest BCUT2D eigenvalue weighted by atomic mass is 9.90. The molecule has 0 saturated carbocycles. The van der Waals surface area contributed by atoms with E-state index in [-0.39, 0.29) is 11.7 Å². The molecule has 20 heavy (non-hydrogen) atoms. The first-order valence-corrected chi connectivity index (χ1v) is 6.00. The fourth-order valence-corrected chi connectivity index (χ4v) is 1.83. The minimum atomic E-state index is -2.43. The first kappa shape index (κ1) is 14.0. The lowest BCUT2D eigenvalue weighted by Gasteiger charge is -2.29. The van der Waals surface area contributed by atoms with Crippen molar-refractivity contribution in [3.05, 3.63) is 29.8 Å². The lowest BCUT2D eigenvalue weighted by molar-refractivity contribution is -0.155. The number of imide groups is 2. The fraction of sp³-hybridized carbons (Fsp3) is 0.308. The summed E-state index contributed by atoms with van der Waals surface area (Å²) in [6.07, 6.45) is -0.0252. The van der Waals surface area contributed by atoms with E-state index in [1.807, 2.05) is 24.5 Å². The molecule has 0 bridgehead atoms. The van der Waals surface area contributed by atoms with Gasteiger partial charge in [0.1, 0.15) is 5.75 Å². The van der Waals surface area contributed by atoms with E-state index >= 15 is 0 Å². The minimum absolute atomic E-state index is 0.0252. The van der Waals surface area contributed by atoms with Gasteiger partial charge in [0.15, 0.2) is 0 Å². The number of nitrogens with one attached hydrogen (secondary N) is 2. The molecule has 1 aromatic carbocycles. The van der Waals surface area contributed by atoms with Gasteiger partial charge >= 0.3 is 6.03 Å². The highest BCUT2D eigenvalue weighted by Crippen LogP contribution is 2.26. The summed E-state index contributed by atoms with van der Waals surface area (Å²) in [6.45, 7) is 3.71. The minimum Gasteiger partial charge on any atom is -0.491 e. The summed E-state index contributed by atoms with van der Waals surface area (Å²) in [5.41, 5.74) is -2.37. The molecule has 7 nitrogen and oxygen atoms in total. The second kappa shape index (κ2) is 4.93. The lowest BCUT2D eigenvalue weighted by Crippen LogP contribution is -2.64. The molecular weight excluding hydrogens is 264 g/mol. The molecule has 0 aliphatic carbocycles. The van der Waals surface area contributed by atoms with Crippen molar-refractivity contribution in [2.75, 3.05) is 0 Å². The third kappa shape index (κ3) is 2.35. The van der Waals surface area contributed by atoms with Gasteiger partial charge in [-0.05, 0) is 26.0 Å². The maximum Gasteiger partial charge on any atom is 0.328 e. The number of benzene rings is 1. The fourth-order valence-electron chi connectivity index (χ4n) is 1.83. The number of hydrogen-bond donors (Lipinski definition) is 3. The molecule has 1 heterocycles. The predicted molar refractivity (Wildman–Crippen MR) is 67.8 cm³/mol. The van der Waals surface area contributed by atoms with Crippen LogP contribution < -0.4 is 15.4 Å². The molecule has 3 N–H and O–H groups in total. The highest BCUT2D eigenvalue weighted by molar-refractivity contribution is 6.21. The molecule has 0 atom stereocenters. The molecule has 0 radical (unpaired) electrons. The van der Waals surface area contributed by atoms with Gasteiger partial charge in [-0.1, -0.05) is 12.1 Å². The molecule has 106 valence electrons. The SMILES string of the molecule is CC(C)Oc1ccc(C2(O)C(=O)NC(=O)NC2=O)cc1. The monoisotopic (exact) mass is 278 g/mol. The molecule has 0 unspecified atom stereocenters. The van der Waals surface area contributed by atoms with Crippen molar-refractivity contribution in [3.8, 4) is 5.75 Å². The zero-order valence-electron chi connectivity index (χ0n) is 11.0. The van der Waals surface area contributed by atoms with Crippen LogP contribution in [0, 0.1) is 0 Å². The number of urea groups is 1. The van der Waals surface area contributed by atoms with Crippen molar-refractivity contribution >= 4 is 17.8 Å². The first-order valence-electron chi connectivity index (χ1n) is 6.00. The maximum absolute atomic E-state index is 11.7. The van der Waals surface area contributed by atoms with Gasteiger partial charge in [0.2, 0.25) is 5.60 Å². The van der Waals surface area contributed by atoms with Gasteiger partial charge in [-0.15, -0.1) is 0 Å². The van der Waals surface area contributed by atoms with E-state index in [0.717, 1.165) is 0 Å². The van der Waals surface area contributed by atoms with Gasteiger partial charge in [0, 0.05) is 5.56 Å². The molecule has 1 aromatic rings. The Bertz CT molecular complexity index is 545. The Morgan fingerprint density at radius 1 is 1.05 bits per heavy atom. The van der Waals surface area contributed by atoms with Crippen molar-refractivity contribution in [2.24, 2.45) is 0 Å². The number of amides is 4. The van der Waals surface area contributed by atoms with Crippen LogP contribution in [0.3, 0.4) is 0 Å². The number of rotatable bonds is 3. The number of barbiturate groups is 1. The molecule has 2 rings (SSSR count). The van der Waals surface area contributed by atoms with Crippen molar-refractivity contribution in [3.63, 3.8) is 0 Å². The van der Waals surface area contributed by atoms with Crippen molar-refractivity contribution < 1.29 is 24.2 Å². The molecule has 4 amide bonds. The summed E-state index contributed by atoms with van der Waals surface area (Å²) < 4.78 is 5.42. The van der Waals surface area contributed by atoms with Crippen molar-refractivity contribution in [1.82, 2.24) is 10.6 Å². The zero-order valence-corrected chi connectivity index (χ0v) is 11.0. The average Bonchev–Trinajstić information content (AvgIpc) is 2.36. The molecule has 1 fully saturated rings. The topological polar surface area (TPSA) is 105 Å². The van der Waals surface area contributed by atoms with E-state index < -0.39 is 23.4 Å². The maximum atomic E-state index is 11.7. The molecule has 1 aliphatic heterocycles. The van der Waals surface area contributed by atoms with E-state index in [2.05, 4.69) is 0 Å². The van der Waals surface area contributed by atoms with Crippen LogP contribution in [-0.4, -0.2) is 29.1 Å². The Balaban J connectivity index is 2.32. The highest BCUT2D eigenvalue weighted by Gasteiger charge is 2.50. The Hall–Kier alpha value is -2.41. The Kier molecular flexibility index (Phi) is 3.46. The van der Waals surface area contributed by atoms with Crippen LogP contribution in [0.1, 0.15) is 19.4 Å². The summed E-state index contributed by atoms with van der Waals surface area (Å²) in [5.74, 6) is -1.62. The van der Waals surface area contributed by atoms with Crippen LogP contribution in [0.25, 0.3) is 0 Å². The number of aliphatic hydroxyl groups is 1. The quantitative estimate of drug-likeness (QED) is 0.676. The predicted octanol–water partition coefficient (Wildman–Crippen LogP) is 0.0274. The molecule has 1 aliphatic rings. The number of hydrogen-bond acceptors (Lipinski definition) is 5. The summed E-state index contributed by atoms with van der Waals surface area (Å²) in [4.78, 5) is 34.4. The second-order valence-corrected chi connectivity index (χ2v) is 4.64. The van der Waals surface area contributed by atoms with E-state index in [9.17, 15) is 19.5 Å². The first-order chi connectivity index (χ1) is 9.34. The van der Waals surface area contributed by atoms with Crippen LogP contribution in [0.15, 0.2) is 24.3 Å². The Morgan fingerprint density at radius 3 is 2.00 bits per heavy atom. The van der Waals surface area contributed by atoms with Crippen molar-refractivity contribution in [1.29, 1.82) is 0 Å². The van der Waals surface area contributed by atoms with Gasteiger partial charge in [0.05, 0.1) is 6.10 Å². The second-order valence-electron chi connectivity index (χ2n) is 4.64. The molecular formula is C13H14N2O5. The van der Waals surface area contributed by atoms with E-state index in [1.54, 1.807) is 0 Å². The normalized spacial score (nSPS) is 17.7. The largest absolute Gasteiger partial charge is 0.491 e. The molecule has 0 spiro atoms. The summed E-state index contributed by atoms with van der Waals surface area (Å²) >= 11 is 0.